The molecule has 146 valence electrons. The Hall–Kier alpha value is -2.45. The number of anilines is 1. The van der Waals surface area contributed by atoms with E-state index in [4.69, 9.17) is 14.6 Å². The molecule has 0 aliphatic carbocycles. The highest BCUT2D eigenvalue weighted by Gasteiger charge is 2.13. The third-order valence-corrected chi connectivity index (χ3v) is 4.75. The van der Waals surface area contributed by atoms with Gasteiger partial charge in [0.15, 0.2) is 0 Å². The number of amides is 1. The van der Waals surface area contributed by atoms with Gasteiger partial charge in [-0.05, 0) is 31.2 Å². The summed E-state index contributed by atoms with van der Waals surface area (Å²) in [6, 6.07) is 6.93. The molecule has 1 saturated heterocycles. The minimum absolute atomic E-state index is 0.140. The van der Waals surface area contributed by atoms with Gasteiger partial charge in [-0.3, -0.25) is 14.2 Å². The second kappa shape index (κ2) is 10.0. The molecule has 1 amide bonds. The van der Waals surface area contributed by atoms with Crippen molar-refractivity contribution in [2.45, 2.75) is 11.3 Å². The van der Waals surface area contributed by atoms with Crippen LogP contribution in [0.25, 0.3) is 0 Å². The van der Waals surface area contributed by atoms with Gasteiger partial charge in [-0.1, -0.05) is 6.07 Å². The van der Waals surface area contributed by atoms with Crippen molar-refractivity contribution in [2.24, 2.45) is 0 Å². The lowest BCUT2D eigenvalue weighted by Crippen LogP contribution is -2.37. The molecule has 0 atom stereocenters. The van der Waals surface area contributed by atoms with Gasteiger partial charge < -0.3 is 15.4 Å². The Morgan fingerprint density at radius 3 is 2.78 bits per heavy atom. The second-order valence-electron chi connectivity index (χ2n) is 5.89. The maximum atomic E-state index is 12.1. The van der Waals surface area contributed by atoms with Gasteiger partial charge >= 0.3 is 0 Å². The Kier molecular flexibility index (Phi) is 7.75. The summed E-state index contributed by atoms with van der Waals surface area (Å²) in [5, 5.41) is 14.5. The van der Waals surface area contributed by atoms with E-state index in [0.29, 0.717) is 6.54 Å². The number of nitrogens with one attached hydrogen (secondary N) is 2. The van der Waals surface area contributed by atoms with E-state index < -0.39 is 16.0 Å². The summed E-state index contributed by atoms with van der Waals surface area (Å²) in [5.74, 6) is -0.675. The van der Waals surface area contributed by atoms with Crippen molar-refractivity contribution >= 4 is 21.7 Å². The zero-order chi connectivity index (χ0) is 19.7. The lowest BCUT2D eigenvalue weighted by Gasteiger charge is -2.26. The molecule has 1 aliphatic heterocycles. The standard InChI is InChI=1S/C17H22N4O5S/c18-12-14(13-19-5-2-6-21-7-9-26-10-8-21)17(22)20-15-3-1-4-16(11-15)27(23,24)25/h1,3-4,11,13,19H,2,5-10H2,(H,20,22)(H,23,24,25)/b14-13-. The van der Waals surface area contributed by atoms with Crippen molar-refractivity contribution in [3.63, 3.8) is 0 Å². The molecular weight excluding hydrogens is 372 g/mol. The number of nitrogens with zero attached hydrogens (tertiary/aromatic N) is 2. The molecule has 1 fully saturated rings. The van der Waals surface area contributed by atoms with Gasteiger partial charge in [-0.25, -0.2) is 0 Å². The largest absolute Gasteiger partial charge is 0.390 e. The Bertz CT molecular complexity index is 826. The van der Waals surface area contributed by atoms with E-state index in [1.54, 1.807) is 6.07 Å². The Labute approximate surface area is 158 Å². The molecule has 1 aliphatic rings. The SMILES string of the molecule is N#C/C(=C/NCCCN1CCOCC1)C(=O)Nc1cccc(S(=O)(=O)O)c1. The number of ether oxygens (including phenoxy) is 1. The van der Waals surface area contributed by atoms with Gasteiger partial charge in [0.25, 0.3) is 16.0 Å². The summed E-state index contributed by atoms with van der Waals surface area (Å²) in [7, 11) is -4.37. The van der Waals surface area contributed by atoms with Crippen molar-refractivity contribution < 1.29 is 22.5 Å². The summed E-state index contributed by atoms with van der Waals surface area (Å²) in [6.07, 6.45) is 2.19. The number of nitriles is 1. The molecule has 9 nitrogen and oxygen atoms in total. The molecule has 0 bridgehead atoms. The summed E-state index contributed by atoms with van der Waals surface area (Å²) in [5.41, 5.74) is 0.0159. The molecule has 0 unspecified atom stereocenters. The van der Waals surface area contributed by atoms with Crippen LogP contribution in [0.4, 0.5) is 5.69 Å². The van der Waals surface area contributed by atoms with Crippen LogP contribution in [-0.2, 0) is 19.6 Å². The number of rotatable bonds is 8. The first-order valence-corrected chi connectivity index (χ1v) is 9.87. The maximum absolute atomic E-state index is 12.1. The third kappa shape index (κ3) is 6.99. The number of hydrogen-bond donors (Lipinski definition) is 3. The van der Waals surface area contributed by atoms with Crippen LogP contribution in [0, 0.1) is 11.3 Å². The van der Waals surface area contributed by atoms with Crippen LogP contribution in [0.15, 0.2) is 40.9 Å². The second-order valence-corrected chi connectivity index (χ2v) is 7.31. The Balaban J connectivity index is 1.84. The van der Waals surface area contributed by atoms with Crippen LogP contribution in [0.1, 0.15) is 6.42 Å². The highest BCUT2D eigenvalue weighted by molar-refractivity contribution is 7.85. The first-order valence-electron chi connectivity index (χ1n) is 8.43. The van der Waals surface area contributed by atoms with Crippen molar-refractivity contribution in [2.75, 3.05) is 44.7 Å². The molecule has 10 heteroatoms. The van der Waals surface area contributed by atoms with Crippen molar-refractivity contribution in [1.29, 1.82) is 5.26 Å². The predicted octanol–water partition coefficient (Wildman–Crippen LogP) is 0.591. The first kappa shape index (κ1) is 20.9. The zero-order valence-corrected chi connectivity index (χ0v) is 15.5. The normalized spacial score (nSPS) is 15.8. The predicted molar refractivity (Wildman–Crippen MR) is 98.5 cm³/mol. The average Bonchev–Trinajstić information content (AvgIpc) is 2.65. The summed E-state index contributed by atoms with van der Waals surface area (Å²) >= 11 is 0. The van der Waals surface area contributed by atoms with Gasteiger partial charge in [0.1, 0.15) is 11.6 Å². The van der Waals surface area contributed by atoms with Crippen LogP contribution < -0.4 is 10.6 Å². The number of carbonyl (C=O) groups is 1. The van der Waals surface area contributed by atoms with E-state index in [1.165, 1.54) is 24.4 Å². The number of carbonyl (C=O) groups excluding carboxylic acids is 1. The summed E-state index contributed by atoms with van der Waals surface area (Å²) < 4.78 is 36.6. The Morgan fingerprint density at radius 1 is 1.37 bits per heavy atom. The molecule has 0 saturated carbocycles. The zero-order valence-electron chi connectivity index (χ0n) is 14.7. The fourth-order valence-electron chi connectivity index (χ4n) is 2.49. The quantitative estimate of drug-likeness (QED) is 0.253. The van der Waals surface area contributed by atoms with Gasteiger partial charge in [-0.15, -0.1) is 0 Å². The topological polar surface area (TPSA) is 132 Å². The van der Waals surface area contributed by atoms with E-state index in [0.717, 1.165) is 45.3 Å². The summed E-state index contributed by atoms with van der Waals surface area (Å²) in [6.45, 7) is 4.80. The van der Waals surface area contributed by atoms with Crippen LogP contribution in [0.5, 0.6) is 0 Å². The lowest BCUT2D eigenvalue weighted by molar-refractivity contribution is -0.112. The molecule has 0 spiro atoms. The first-order chi connectivity index (χ1) is 12.9. The van der Waals surface area contributed by atoms with Gasteiger partial charge in [0.2, 0.25) is 0 Å². The van der Waals surface area contributed by atoms with E-state index in [9.17, 15) is 13.2 Å². The van der Waals surface area contributed by atoms with Crippen molar-refractivity contribution in [3.8, 4) is 6.07 Å². The van der Waals surface area contributed by atoms with E-state index in [2.05, 4.69) is 15.5 Å². The molecule has 1 heterocycles. The molecule has 27 heavy (non-hydrogen) atoms. The van der Waals surface area contributed by atoms with E-state index in [1.807, 2.05) is 0 Å². The number of hydrogen-bond acceptors (Lipinski definition) is 7. The van der Waals surface area contributed by atoms with Gasteiger partial charge in [-0.2, -0.15) is 13.7 Å². The smallest absolute Gasteiger partial charge is 0.294 e. The van der Waals surface area contributed by atoms with Crippen LogP contribution in [0.2, 0.25) is 0 Å². The minimum atomic E-state index is -4.37. The van der Waals surface area contributed by atoms with E-state index in [-0.39, 0.29) is 16.2 Å². The monoisotopic (exact) mass is 394 g/mol. The fraction of sp³-hybridized carbons (Fsp3) is 0.412. The summed E-state index contributed by atoms with van der Waals surface area (Å²) in [4.78, 5) is 14.1. The molecule has 2 rings (SSSR count). The molecule has 1 aromatic rings. The van der Waals surface area contributed by atoms with Gasteiger partial charge in [0.05, 0.1) is 18.1 Å². The van der Waals surface area contributed by atoms with Crippen molar-refractivity contribution in [1.82, 2.24) is 10.2 Å². The van der Waals surface area contributed by atoms with Crippen LogP contribution in [0.3, 0.4) is 0 Å². The minimum Gasteiger partial charge on any atom is -0.390 e. The van der Waals surface area contributed by atoms with Gasteiger partial charge in [0, 0.05) is 31.5 Å². The van der Waals surface area contributed by atoms with Crippen LogP contribution >= 0.6 is 0 Å². The maximum Gasteiger partial charge on any atom is 0.294 e. The lowest BCUT2D eigenvalue weighted by atomic mass is 10.2. The molecule has 1 aromatic carbocycles. The fourth-order valence-corrected chi connectivity index (χ4v) is 3.01. The Morgan fingerprint density at radius 2 is 2.11 bits per heavy atom. The number of morpholine rings is 1. The number of benzene rings is 1. The van der Waals surface area contributed by atoms with Crippen molar-refractivity contribution in [3.05, 3.63) is 36.0 Å². The molecular formula is C17H22N4O5S. The molecule has 3 N–H and O–H groups in total. The molecule has 0 aromatic heterocycles. The highest BCUT2D eigenvalue weighted by Crippen LogP contribution is 2.15. The molecule has 0 radical (unpaired) electrons. The van der Waals surface area contributed by atoms with E-state index >= 15 is 0 Å². The average molecular weight is 394 g/mol. The van der Waals surface area contributed by atoms with Crippen LogP contribution in [-0.4, -0.2) is 63.2 Å². The third-order valence-electron chi connectivity index (χ3n) is 3.90. The highest BCUT2D eigenvalue weighted by atomic mass is 32.2.